The molecule has 3 atom stereocenters. The van der Waals surface area contributed by atoms with Crippen molar-refractivity contribution in [2.45, 2.75) is 82.4 Å². The van der Waals surface area contributed by atoms with E-state index in [1.165, 1.54) is 24.8 Å². The molecule has 43 heavy (non-hydrogen) atoms. The zero-order valence-corrected chi connectivity index (χ0v) is 25.6. The molecule has 7 nitrogen and oxygen atoms in total. The van der Waals surface area contributed by atoms with Crippen molar-refractivity contribution >= 4 is 12.1 Å². The van der Waals surface area contributed by atoms with E-state index in [0.717, 1.165) is 83.4 Å². The topological polar surface area (TPSA) is 73.3 Å². The minimum atomic E-state index is -0.643. The van der Waals surface area contributed by atoms with Crippen LogP contribution in [0.4, 0.5) is 4.79 Å². The zero-order valence-electron chi connectivity index (χ0n) is 25.6. The molecule has 3 unspecified atom stereocenters. The van der Waals surface area contributed by atoms with Gasteiger partial charge in [0.2, 0.25) is 0 Å². The van der Waals surface area contributed by atoms with Crippen LogP contribution in [0.2, 0.25) is 0 Å². The Labute approximate surface area is 257 Å². The van der Waals surface area contributed by atoms with Crippen LogP contribution in [-0.2, 0) is 16.1 Å². The van der Waals surface area contributed by atoms with Crippen molar-refractivity contribution in [3.05, 3.63) is 71.8 Å². The van der Waals surface area contributed by atoms with E-state index in [0.29, 0.717) is 24.4 Å². The van der Waals surface area contributed by atoms with E-state index in [2.05, 4.69) is 40.1 Å². The molecule has 1 amide bonds. The first-order valence-electron chi connectivity index (χ1n) is 16.8. The smallest absolute Gasteiger partial charge is 0.410 e. The summed E-state index contributed by atoms with van der Waals surface area (Å²) in [5.74, 6) is 0.961. The van der Waals surface area contributed by atoms with Crippen LogP contribution >= 0.6 is 0 Å². The van der Waals surface area contributed by atoms with Crippen LogP contribution in [0.25, 0.3) is 0 Å². The number of carbonyl (C=O) groups excluding carboxylic acids is 1. The number of carboxylic acids is 1. The van der Waals surface area contributed by atoms with Gasteiger partial charge in [0.1, 0.15) is 12.6 Å². The van der Waals surface area contributed by atoms with E-state index in [9.17, 15) is 14.7 Å². The van der Waals surface area contributed by atoms with Gasteiger partial charge in [0, 0.05) is 51.2 Å². The van der Waals surface area contributed by atoms with Crippen LogP contribution in [0.1, 0.15) is 74.8 Å². The average Bonchev–Trinajstić information content (AvgIpc) is 3.78. The van der Waals surface area contributed by atoms with Crippen molar-refractivity contribution in [3.63, 3.8) is 0 Å². The minimum absolute atomic E-state index is 0.174. The quantitative estimate of drug-likeness (QED) is 0.335. The van der Waals surface area contributed by atoms with Crippen molar-refractivity contribution in [2.75, 3.05) is 39.3 Å². The number of piperidine rings is 1. The summed E-state index contributed by atoms with van der Waals surface area (Å²) in [4.78, 5) is 32.8. The first kappa shape index (κ1) is 30.1. The largest absolute Gasteiger partial charge is 0.480 e. The van der Waals surface area contributed by atoms with Crippen LogP contribution in [0.5, 0.6) is 0 Å². The minimum Gasteiger partial charge on any atom is -0.480 e. The highest BCUT2D eigenvalue weighted by Crippen LogP contribution is 2.39. The summed E-state index contributed by atoms with van der Waals surface area (Å²) in [7, 11) is 0. The Bertz CT molecular complexity index is 1180. The Morgan fingerprint density at radius 3 is 2.19 bits per heavy atom. The Morgan fingerprint density at radius 2 is 1.53 bits per heavy atom. The summed E-state index contributed by atoms with van der Waals surface area (Å²) < 4.78 is 5.79. The monoisotopic (exact) mass is 587 g/mol. The van der Waals surface area contributed by atoms with Gasteiger partial charge in [-0.3, -0.25) is 9.69 Å². The number of amides is 1. The van der Waals surface area contributed by atoms with Gasteiger partial charge in [-0.2, -0.15) is 0 Å². The molecule has 0 bridgehead atoms. The van der Waals surface area contributed by atoms with Gasteiger partial charge in [-0.05, 0) is 67.4 Å². The standard InChI is InChI=1S/C36H49N3O4/c40-35(41)34(30-14-8-3-9-15-30)38-24-31(33(25-38)29-12-6-2-7-13-29)23-37-20-18-32(19-21-37)39(22-27-16-17-27)36(42)43-26-28-10-4-1-5-11-28/h1-2,4-7,10-13,27,30-34H,3,8-9,14-26H2,(H,40,41). The van der Waals surface area contributed by atoms with E-state index in [1.54, 1.807) is 0 Å². The molecule has 0 spiro atoms. The van der Waals surface area contributed by atoms with E-state index >= 15 is 0 Å². The second-order valence-electron chi connectivity index (χ2n) is 13.6. The Morgan fingerprint density at radius 1 is 0.860 bits per heavy atom. The van der Waals surface area contributed by atoms with Gasteiger partial charge in [-0.25, -0.2) is 4.79 Å². The molecular formula is C36H49N3O4. The first-order valence-corrected chi connectivity index (χ1v) is 16.8. The number of nitrogens with zero attached hydrogens (tertiary/aromatic N) is 3. The molecule has 0 radical (unpaired) electrons. The van der Waals surface area contributed by atoms with Gasteiger partial charge in [-0.15, -0.1) is 0 Å². The summed E-state index contributed by atoms with van der Waals surface area (Å²) in [6, 6.07) is 20.5. The average molecular weight is 588 g/mol. The van der Waals surface area contributed by atoms with Crippen LogP contribution in [0.15, 0.2) is 60.7 Å². The molecule has 2 aliphatic carbocycles. The van der Waals surface area contributed by atoms with Crippen molar-refractivity contribution in [1.82, 2.24) is 14.7 Å². The van der Waals surface area contributed by atoms with Gasteiger partial charge >= 0.3 is 12.1 Å². The molecule has 2 heterocycles. The second-order valence-corrected chi connectivity index (χ2v) is 13.6. The molecule has 4 aliphatic rings. The lowest BCUT2D eigenvalue weighted by Crippen LogP contribution is -2.49. The van der Waals surface area contributed by atoms with Crippen LogP contribution in [0.3, 0.4) is 0 Å². The summed E-state index contributed by atoms with van der Waals surface area (Å²) >= 11 is 0. The van der Waals surface area contributed by atoms with E-state index < -0.39 is 5.97 Å². The Kier molecular flexibility index (Phi) is 9.99. The number of rotatable bonds is 11. The number of hydrogen-bond donors (Lipinski definition) is 1. The fourth-order valence-corrected chi connectivity index (χ4v) is 8.00. The molecule has 0 aromatic heterocycles. The summed E-state index contributed by atoms with van der Waals surface area (Å²) in [5, 5.41) is 10.4. The number of ether oxygens (including phenoxy) is 1. The van der Waals surface area contributed by atoms with Crippen molar-refractivity contribution in [3.8, 4) is 0 Å². The van der Waals surface area contributed by atoms with Gasteiger partial charge in [0.15, 0.2) is 0 Å². The Hall–Kier alpha value is -2.90. The third kappa shape index (κ3) is 7.79. The van der Waals surface area contributed by atoms with Gasteiger partial charge in [-0.1, -0.05) is 79.9 Å². The number of hydrogen-bond acceptors (Lipinski definition) is 5. The first-order chi connectivity index (χ1) is 21.0. The SMILES string of the molecule is O=C(O)C(C1CCCCC1)N1CC(CN2CCC(N(CC3CC3)C(=O)OCc3ccccc3)CC2)C(c2ccccc2)C1. The highest BCUT2D eigenvalue weighted by Gasteiger charge is 2.43. The maximum absolute atomic E-state index is 13.3. The molecule has 232 valence electrons. The molecular weight excluding hydrogens is 538 g/mol. The Balaban J connectivity index is 1.08. The molecule has 4 fully saturated rings. The molecule has 2 aliphatic heterocycles. The summed E-state index contributed by atoms with van der Waals surface area (Å²) in [5.41, 5.74) is 2.35. The predicted molar refractivity (Wildman–Crippen MR) is 168 cm³/mol. The molecule has 2 aromatic rings. The molecule has 1 N–H and O–H groups in total. The van der Waals surface area contributed by atoms with Crippen LogP contribution < -0.4 is 0 Å². The third-order valence-electron chi connectivity index (χ3n) is 10.5. The van der Waals surface area contributed by atoms with E-state index in [1.807, 2.05) is 35.2 Å². The molecule has 2 aromatic carbocycles. The lowest BCUT2D eigenvalue weighted by Gasteiger charge is -2.39. The molecule has 6 rings (SSSR count). The van der Waals surface area contributed by atoms with Crippen molar-refractivity contribution in [2.24, 2.45) is 17.8 Å². The lowest BCUT2D eigenvalue weighted by molar-refractivity contribution is -0.145. The van der Waals surface area contributed by atoms with Crippen LogP contribution in [-0.4, -0.2) is 83.2 Å². The molecule has 2 saturated carbocycles. The number of benzene rings is 2. The highest BCUT2D eigenvalue weighted by molar-refractivity contribution is 5.74. The maximum Gasteiger partial charge on any atom is 0.410 e. The number of likely N-dealkylation sites (tertiary alicyclic amines) is 2. The lowest BCUT2D eigenvalue weighted by atomic mass is 9.83. The van der Waals surface area contributed by atoms with Crippen LogP contribution in [0, 0.1) is 17.8 Å². The predicted octanol–water partition coefficient (Wildman–Crippen LogP) is 6.25. The van der Waals surface area contributed by atoms with Crippen molar-refractivity contribution in [1.29, 1.82) is 0 Å². The van der Waals surface area contributed by atoms with Gasteiger partial charge < -0.3 is 19.6 Å². The molecule has 7 heteroatoms. The fourth-order valence-electron chi connectivity index (χ4n) is 8.00. The third-order valence-corrected chi connectivity index (χ3v) is 10.5. The summed E-state index contributed by atoms with van der Waals surface area (Å²) in [6.07, 6.45) is 9.76. The van der Waals surface area contributed by atoms with E-state index in [-0.39, 0.29) is 24.1 Å². The maximum atomic E-state index is 13.3. The zero-order chi connectivity index (χ0) is 29.6. The molecule has 2 saturated heterocycles. The normalized spacial score (nSPS) is 24.9. The number of carboxylic acid groups (broad SMARTS) is 1. The van der Waals surface area contributed by atoms with Gasteiger partial charge in [0.05, 0.1) is 0 Å². The number of aliphatic carboxylic acids is 1. The van der Waals surface area contributed by atoms with E-state index in [4.69, 9.17) is 4.74 Å². The fraction of sp³-hybridized carbons (Fsp3) is 0.611. The highest BCUT2D eigenvalue weighted by atomic mass is 16.6. The summed E-state index contributed by atoms with van der Waals surface area (Å²) in [6.45, 7) is 5.68. The van der Waals surface area contributed by atoms with Crippen molar-refractivity contribution < 1.29 is 19.4 Å². The second kappa shape index (κ2) is 14.3. The van der Waals surface area contributed by atoms with Gasteiger partial charge in [0.25, 0.3) is 0 Å². The number of carbonyl (C=O) groups is 2.